The lowest BCUT2D eigenvalue weighted by Crippen LogP contribution is -2.32. The third kappa shape index (κ3) is 3.49. The molecule has 4 nitrogen and oxygen atoms in total. The van der Waals surface area contributed by atoms with E-state index in [4.69, 9.17) is 0 Å². The van der Waals surface area contributed by atoms with Crippen LogP contribution in [0.3, 0.4) is 0 Å². The smallest absolute Gasteiger partial charge is 0.242 e. The van der Waals surface area contributed by atoms with Gasteiger partial charge in [-0.1, -0.05) is 30.3 Å². The summed E-state index contributed by atoms with van der Waals surface area (Å²) in [7, 11) is -0.00822. The summed E-state index contributed by atoms with van der Waals surface area (Å²) in [5, 5.41) is 4.92. The van der Waals surface area contributed by atoms with Gasteiger partial charge in [0, 0.05) is 20.1 Å². The summed E-state index contributed by atoms with van der Waals surface area (Å²) in [6.07, 6.45) is 0. The molecule has 0 saturated heterocycles. The summed E-state index contributed by atoms with van der Waals surface area (Å²) in [6.45, 7) is 1.08. The quantitative estimate of drug-likeness (QED) is 0.919. The fourth-order valence-electron chi connectivity index (χ4n) is 1.90. The maximum atomic E-state index is 12.4. The molecule has 0 aliphatic heterocycles. The summed E-state index contributed by atoms with van der Waals surface area (Å²) in [4.78, 5) is 0.338. The average Bonchev–Trinajstić information content (AvgIpc) is 2.44. The molecule has 0 bridgehead atoms. The molecule has 6 heteroatoms. The van der Waals surface area contributed by atoms with Crippen molar-refractivity contribution in [2.75, 3.05) is 27.2 Å². The summed E-state index contributed by atoms with van der Waals surface area (Å²) in [5.74, 6) is 0. The van der Waals surface area contributed by atoms with Gasteiger partial charge in [-0.15, -0.1) is 12.4 Å². The monoisotopic (exact) mass is 314 g/mol. The molecule has 20 heavy (non-hydrogen) atoms. The lowest BCUT2D eigenvalue weighted by Gasteiger charge is -2.17. The van der Waals surface area contributed by atoms with E-state index in [9.17, 15) is 8.42 Å². The van der Waals surface area contributed by atoms with Crippen molar-refractivity contribution >= 4 is 33.2 Å². The number of likely N-dealkylation sites (N-methyl/N-ethyl adjacent to an activating group) is 2. The van der Waals surface area contributed by atoms with E-state index in [1.165, 1.54) is 4.31 Å². The van der Waals surface area contributed by atoms with Gasteiger partial charge in [-0.3, -0.25) is 0 Å². The largest absolute Gasteiger partial charge is 0.318 e. The number of fused-ring (bicyclic) bond motifs is 1. The first-order valence-corrected chi connectivity index (χ1v) is 7.59. The molecule has 0 fully saturated rings. The highest BCUT2D eigenvalue weighted by atomic mass is 35.5. The Kier molecular flexibility index (Phi) is 5.95. The predicted molar refractivity (Wildman–Crippen MR) is 84.9 cm³/mol. The van der Waals surface area contributed by atoms with Gasteiger partial charge in [-0.25, -0.2) is 8.42 Å². The molecule has 0 saturated carbocycles. The molecule has 0 amide bonds. The molecule has 0 atom stereocenters. The van der Waals surface area contributed by atoms with Gasteiger partial charge < -0.3 is 5.32 Å². The minimum atomic E-state index is -3.41. The normalized spacial score (nSPS) is 11.6. The van der Waals surface area contributed by atoms with Crippen LogP contribution in [0.5, 0.6) is 0 Å². The Morgan fingerprint density at radius 2 is 1.75 bits per heavy atom. The fraction of sp³-hybridized carbons (Fsp3) is 0.286. The molecule has 2 aromatic carbocycles. The van der Waals surface area contributed by atoms with Gasteiger partial charge in [0.25, 0.3) is 0 Å². The van der Waals surface area contributed by atoms with Gasteiger partial charge in [0.2, 0.25) is 10.0 Å². The second-order valence-corrected chi connectivity index (χ2v) is 6.48. The number of nitrogens with one attached hydrogen (secondary N) is 1. The van der Waals surface area contributed by atoms with Crippen molar-refractivity contribution in [1.82, 2.24) is 9.62 Å². The topological polar surface area (TPSA) is 49.4 Å². The summed E-state index contributed by atoms with van der Waals surface area (Å²) >= 11 is 0. The van der Waals surface area contributed by atoms with E-state index in [1.54, 1.807) is 26.2 Å². The van der Waals surface area contributed by atoms with Gasteiger partial charge in [-0.2, -0.15) is 4.31 Å². The Balaban J connectivity index is 0.00000200. The third-order valence-electron chi connectivity index (χ3n) is 3.11. The summed E-state index contributed by atoms with van der Waals surface area (Å²) in [5.41, 5.74) is 0. The third-order valence-corrected chi connectivity index (χ3v) is 4.96. The molecule has 1 N–H and O–H groups in total. The van der Waals surface area contributed by atoms with Crippen LogP contribution in [-0.4, -0.2) is 39.9 Å². The lowest BCUT2D eigenvalue weighted by atomic mass is 10.1. The van der Waals surface area contributed by atoms with Gasteiger partial charge in [0.1, 0.15) is 0 Å². The van der Waals surface area contributed by atoms with Crippen molar-refractivity contribution in [2.45, 2.75) is 4.90 Å². The number of hydrogen-bond donors (Lipinski definition) is 1. The van der Waals surface area contributed by atoms with Crippen molar-refractivity contribution in [3.8, 4) is 0 Å². The van der Waals surface area contributed by atoms with Crippen molar-refractivity contribution < 1.29 is 8.42 Å². The van der Waals surface area contributed by atoms with Crippen LogP contribution in [0, 0.1) is 0 Å². The zero-order valence-corrected chi connectivity index (χ0v) is 13.2. The Bertz CT molecular complexity index is 674. The van der Waals surface area contributed by atoms with Crippen molar-refractivity contribution in [2.24, 2.45) is 0 Å². The second kappa shape index (κ2) is 7.04. The number of sulfonamides is 1. The number of benzene rings is 2. The van der Waals surface area contributed by atoms with Crippen LogP contribution in [0.4, 0.5) is 0 Å². The first-order chi connectivity index (χ1) is 9.05. The minimum absolute atomic E-state index is 0. The molecular weight excluding hydrogens is 296 g/mol. The van der Waals surface area contributed by atoms with Crippen molar-refractivity contribution in [3.63, 3.8) is 0 Å². The number of hydrogen-bond acceptors (Lipinski definition) is 3. The molecule has 2 rings (SSSR count). The Hall–Kier alpha value is -1.14. The molecule has 0 aromatic heterocycles. The molecule has 0 spiro atoms. The Labute approximate surface area is 126 Å². The zero-order valence-electron chi connectivity index (χ0n) is 11.5. The number of rotatable bonds is 5. The van der Waals surface area contributed by atoms with Gasteiger partial charge >= 0.3 is 0 Å². The van der Waals surface area contributed by atoms with Crippen LogP contribution in [0.15, 0.2) is 47.4 Å². The highest BCUT2D eigenvalue weighted by Gasteiger charge is 2.20. The van der Waals surface area contributed by atoms with Gasteiger partial charge in [-0.05, 0) is 30.0 Å². The molecular formula is C14H19ClN2O2S. The minimum Gasteiger partial charge on any atom is -0.318 e. The standard InChI is InChI=1S/C14H18N2O2S.ClH/c1-15-9-10-16(2)19(17,18)14-8-7-12-5-3-4-6-13(12)11-14;/h3-8,11,15H,9-10H2,1-2H3;1H. The van der Waals surface area contributed by atoms with Gasteiger partial charge in [0.15, 0.2) is 0 Å². The second-order valence-electron chi connectivity index (χ2n) is 4.44. The van der Waals surface area contributed by atoms with E-state index in [0.29, 0.717) is 18.0 Å². The van der Waals surface area contributed by atoms with Crippen molar-refractivity contribution in [1.29, 1.82) is 0 Å². The Morgan fingerprint density at radius 3 is 2.40 bits per heavy atom. The predicted octanol–water partition coefficient (Wildman–Crippen LogP) is 2.10. The molecule has 110 valence electrons. The maximum absolute atomic E-state index is 12.4. The van der Waals surface area contributed by atoms with Crippen LogP contribution in [0.25, 0.3) is 10.8 Å². The fourth-order valence-corrected chi connectivity index (χ4v) is 3.10. The van der Waals surface area contributed by atoms with E-state index in [0.717, 1.165) is 10.8 Å². The Morgan fingerprint density at radius 1 is 1.10 bits per heavy atom. The van der Waals surface area contributed by atoms with E-state index in [2.05, 4.69) is 5.32 Å². The maximum Gasteiger partial charge on any atom is 0.242 e. The van der Waals surface area contributed by atoms with Crippen molar-refractivity contribution in [3.05, 3.63) is 42.5 Å². The molecule has 0 unspecified atom stereocenters. The van der Waals surface area contributed by atoms with Crippen LogP contribution < -0.4 is 5.32 Å². The summed E-state index contributed by atoms with van der Waals surface area (Å²) in [6, 6.07) is 13.0. The van der Waals surface area contributed by atoms with Crippen LogP contribution in [0.1, 0.15) is 0 Å². The molecule has 0 aliphatic carbocycles. The molecule has 2 aromatic rings. The number of halogens is 1. The average molecular weight is 315 g/mol. The van der Waals surface area contributed by atoms with Crippen LogP contribution in [-0.2, 0) is 10.0 Å². The number of nitrogens with zero attached hydrogens (tertiary/aromatic N) is 1. The summed E-state index contributed by atoms with van der Waals surface area (Å²) < 4.78 is 26.1. The van der Waals surface area contributed by atoms with E-state index >= 15 is 0 Å². The molecule has 0 radical (unpaired) electrons. The van der Waals surface area contributed by atoms with E-state index in [1.807, 2.05) is 30.3 Å². The van der Waals surface area contributed by atoms with E-state index in [-0.39, 0.29) is 12.4 Å². The van der Waals surface area contributed by atoms with Crippen LogP contribution in [0.2, 0.25) is 0 Å². The first kappa shape index (κ1) is 16.9. The molecule has 0 heterocycles. The lowest BCUT2D eigenvalue weighted by molar-refractivity contribution is 0.466. The van der Waals surface area contributed by atoms with Gasteiger partial charge in [0.05, 0.1) is 4.90 Å². The molecule has 0 aliphatic rings. The highest BCUT2D eigenvalue weighted by molar-refractivity contribution is 7.89. The zero-order chi connectivity index (χ0) is 13.9. The van der Waals surface area contributed by atoms with E-state index < -0.39 is 10.0 Å². The highest BCUT2D eigenvalue weighted by Crippen LogP contribution is 2.20. The van der Waals surface area contributed by atoms with Crippen LogP contribution >= 0.6 is 12.4 Å². The SMILES string of the molecule is CNCCN(C)S(=O)(=O)c1ccc2ccccc2c1.Cl. The first-order valence-electron chi connectivity index (χ1n) is 6.15.